The lowest BCUT2D eigenvalue weighted by Crippen LogP contribution is -2.53. The van der Waals surface area contributed by atoms with Crippen molar-refractivity contribution in [2.24, 2.45) is 0 Å². The van der Waals surface area contributed by atoms with Crippen LogP contribution in [0.25, 0.3) is 0 Å². The number of carbonyl (C=O) groups excluding carboxylic acids is 2. The van der Waals surface area contributed by atoms with E-state index in [1.165, 1.54) is 24.1 Å². The molecule has 0 heterocycles. The Labute approximate surface area is 238 Å². The maximum Gasteiger partial charge on any atom is 0.264 e. The Morgan fingerprint density at radius 1 is 0.925 bits per heavy atom. The number of nitrogens with zero attached hydrogens (tertiary/aromatic N) is 2. The maximum absolute atomic E-state index is 14.1. The van der Waals surface area contributed by atoms with Crippen molar-refractivity contribution >= 4 is 27.5 Å². The fourth-order valence-electron chi connectivity index (χ4n) is 4.26. The van der Waals surface area contributed by atoms with Gasteiger partial charge in [0.05, 0.1) is 17.7 Å². The molecule has 8 nitrogen and oxygen atoms in total. The lowest BCUT2D eigenvalue weighted by molar-refractivity contribution is -0.140. The Balaban J connectivity index is 2.06. The van der Waals surface area contributed by atoms with Crippen LogP contribution >= 0.6 is 0 Å². The van der Waals surface area contributed by atoms with Crippen LogP contribution in [0.3, 0.4) is 0 Å². The lowest BCUT2D eigenvalue weighted by atomic mass is 10.1. The first-order valence-electron chi connectivity index (χ1n) is 13.5. The van der Waals surface area contributed by atoms with Gasteiger partial charge in [-0.25, -0.2) is 8.42 Å². The highest BCUT2D eigenvalue weighted by Gasteiger charge is 2.34. The first-order chi connectivity index (χ1) is 19.1. The average Bonchev–Trinajstić information content (AvgIpc) is 2.96. The van der Waals surface area contributed by atoms with Gasteiger partial charge in [-0.05, 0) is 56.5 Å². The van der Waals surface area contributed by atoms with Gasteiger partial charge in [-0.1, -0.05) is 67.9 Å². The van der Waals surface area contributed by atoms with Crippen molar-refractivity contribution in [2.45, 2.75) is 64.1 Å². The van der Waals surface area contributed by atoms with E-state index >= 15 is 0 Å². The summed E-state index contributed by atoms with van der Waals surface area (Å²) in [5, 5.41) is 2.99. The predicted octanol–water partition coefficient (Wildman–Crippen LogP) is 4.92. The van der Waals surface area contributed by atoms with E-state index in [1.807, 2.05) is 52.0 Å². The summed E-state index contributed by atoms with van der Waals surface area (Å²) >= 11 is 0. The molecular weight excluding hydrogens is 526 g/mol. The minimum absolute atomic E-state index is 0.0530. The van der Waals surface area contributed by atoms with Crippen LogP contribution in [0.1, 0.15) is 44.7 Å². The summed E-state index contributed by atoms with van der Waals surface area (Å²) in [6.45, 7) is 7.36. The van der Waals surface area contributed by atoms with Crippen molar-refractivity contribution in [2.75, 3.05) is 18.0 Å². The number of ether oxygens (including phenoxy) is 1. The first-order valence-corrected chi connectivity index (χ1v) is 14.9. The van der Waals surface area contributed by atoms with Crippen LogP contribution in [-0.2, 0) is 26.2 Å². The molecule has 214 valence electrons. The number of benzene rings is 3. The van der Waals surface area contributed by atoms with E-state index in [9.17, 15) is 18.0 Å². The molecule has 3 rings (SSSR count). The zero-order chi connectivity index (χ0) is 29.3. The molecule has 0 aliphatic carbocycles. The van der Waals surface area contributed by atoms with Gasteiger partial charge < -0.3 is 15.0 Å². The summed E-state index contributed by atoms with van der Waals surface area (Å²) in [6, 6.07) is 21.4. The summed E-state index contributed by atoms with van der Waals surface area (Å²) in [6.07, 6.45) is 1.11. The van der Waals surface area contributed by atoms with Crippen molar-refractivity contribution in [3.63, 3.8) is 0 Å². The van der Waals surface area contributed by atoms with Crippen LogP contribution in [0, 0.1) is 6.92 Å². The Morgan fingerprint density at radius 3 is 2.20 bits per heavy atom. The molecule has 0 aromatic heterocycles. The van der Waals surface area contributed by atoms with Gasteiger partial charge >= 0.3 is 0 Å². The highest BCUT2D eigenvalue weighted by Crippen LogP contribution is 2.27. The van der Waals surface area contributed by atoms with Gasteiger partial charge in [-0.15, -0.1) is 0 Å². The van der Waals surface area contributed by atoms with Crippen LogP contribution < -0.4 is 14.4 Å². The van der Waals surface area contributed by atoms with Crippen LogP contribution in [0.4, 0.5) is 5.69 Å². The molecule has 9 heteroatoms. The quantitative estimate of drug-likeness (QED) is 0.317. The standard InChI is InChI=1S/C31H39N3O5S/c1-6-24(4)32-31(36)29(7-2)33(21-25-18-16-23(3)17-19-25)30(35)22-34(26-12-11-13-27(20-26)39-5)40(37,38)28-14-9-8-10-15-28/h8-20,24,29H,6-7,21-22H2,1-5H3,(H,32,36)/t24-,29-/m1/s1. The third-order valence-electron chi connectivity index (χ3n) is 6.81. The largest absolute Gasteiger partial charge is 0.497 e. The molecular formula is C31H39N3O5S. The molecule has 0 spiro atoms. The number of sulfonamides is 1. The van der Waals surface area contributed by atoms with E-state index < -0.39 is 28.5 Å². The summed E-state index contributed by atoms with van der Waals surface area (Å²) in [5.74, 6) is -0.306. The lowest BCUT2D eigenvalue weighted by Gasteiger charge is -2.33. The number of rotatable bonds is 13. The van der Waals surface area contributed by atoms with Crippen molar-refractivity contribution in [1.82, 2.24) is 10.2 Å². The van der Waals surface area contributed by atoms with E-state index in [-0.39, 0.29) is 29.1 Å². The number of methoxy groups -OCH3 is 1. The Kier molecular flexibility index (Phi) is 10.7. The molecule has 40 heavy (non-hydrogen) atoms. The second-order valence-electron chi connectivity index (χ2n) is 9.78. The Morgan fingerprint density at radius 2 is 1.60 bits per heavy atom. The molecule has 3 aromatic carbocycles. The normalized spacial score (nSPS) is 12.7. The smallest absolute Gasteiger partial charge is 0.264 e. The zero-order valence-corrected chi connectivity index (χ0v) is 24.6. The first kappa shape index (κ1) is 30.7. The number of amides is 2. The molecule has 2 amide bonds. The molecule has 0 fully saturated rings. The number of hydrogen-bond acceptors (Lipinski definition) is 5. The Hall–Kier alpha value is -3.85. The van der Waals surface area contributed by atoms with Crippen LogP contribution in [0.15, 0.2) is 83.8 Å². The molecule has 0 radical (unpaired) electrons. The van der Waals surface area contributed by atoms with Crippen molar-refractivity contribution in [3.05, 3.63) is 90.0 Å². The van der Waals surface area contributed by atoms with E-state index in [0.717, 1.165) is 21.9 Å². The van der Waals surface area contributed by atoms with Gasteiger partial charge in [-0.2, -0.15) is 0 Å². The fourth-order valence-corrected chi connectivity index (χ4v) is 5.69. The van der Waals surface area contributed by atoms with Crippen molar-refractivity contribution in [3.8, 4) is 5.75 Å². The van der Waals surface area contributed by atoms with E-state index in [4.69, 9.17) is 4.74 Å². The molecule has 1 N–H and O–H groups in total. The number of hydrogen-bond donors (Lipinski definition) is 1. The summed E-state index contributed by atoms with van der Waals surface area (Å²) < 4.78 is 34.2. The number of aryl methyl sites for hydroxylation is 1. The number of carbonyl (C=O) groups is 2. The van der Waals surface area contributed by atoms with Crippen molar-refractivity contribution in [1.29, 1.82) is 0 Å². The van der Waals surface area contributed by atoms with Crippen molar-refractivity contribution < 1.29 is 22.7 Å². The second-order valence-corrected chi connectivity index (χ2v) is 11.6. The molecule has 0 unspecified atom stereocenters. The van der Waals surface area contributed by atoms with Gasteiger partial charge in [0.25, 0.3) is 10.0 Å². The fraction of sp³-hybridized carbons (Fsp3) is 0.355. The van der Waals surface area contributed by atoms with Gasteiger partial charge in [0.2, 0.25) is 11.8 Å². The average molecular weight is 566 g/mol. The molecule has 0 aliphatic rings. The number of anilines is 1. The second kappa shape index (κ2) is 14.0. The minimum atomic E-state index is -4.13. The van der Waals surface area contributed by atoms with Gasteiger partial charge in [0.15, 0.2) is 0 Å². The topological polar surface area (TPSA) is 96.0 Å². The minimum Gasteiger partial charge on any atom is -0.497 e. The molecule has 2 atom stereocenters. The van der Waals surface area contributed by atoms with E-state index in [2.05, 4.69) is 5.32 Å². The van der Waals surface area contributed by atoms with Gasteiger partial charge in [0, 0.05) is 18.7 Å². The SMILES string of the molecule is CC[C@@H](C)NC(=O)[C@@H](CC)N(Cc1ccc(C)cc1)C(=O)CN(c1cccc(OC)c1)S(=O)(=O)c1ccccc1. The van der Waals surface area contributed by atoms with Gasteiger partial charge in [-0.3, -0.25) is 13.9 Å². The third kappa shape index (κ3) is 7.63. The zero-order valence-electron chi connectivity index (χ0n) is 23.8. The molecule has 3 aromatic rings. The van der Waals surface area contributed by atoms with Crippen LogP contribution in [-0.4, -0.2) is 50.9 Å². The highest BCUT2D eigenvalue weighted by molar-refractivity contribution is 7.92. The van der Waals surface area contributed by atoms with Crippen LogP contribution in [0.5, 0.6) is 5.75 Å². The third-order valence-corrected chi connectivity index (χ3v) is 8.60. The predicted molar refractivity (Wildman–Crippen MR) is 158 cm³/mol. The van der Waals surface area contributed by atoms with E-state index in [1.54, 1.807) is 42.5 Å². The Bertz CT molecular complexity index is 1380. The number of nitrogens with one attached hydrogen (secondary N) is 1. The monoisotopic (exact) mass is 565 g/mol. The summed E-state index contributed by atoms with van der Waals surface area (Å²) in [5.41, 5.74) is 2.19. The molecule has 0 saturated heterocycles. The molecule has 0 bridgehead atoms. The molecule has 0 aliphatic heterocycles. The maximum atomic E-state index is 14.1. The molecule has 0 saturated carbocycles. The summed E-state index contributed by atoms with van der Waals surface area (Å²) in [4.78, 5) is 29.0. The van der Waals surface area contributed by atoms with Crippen LogP contribution in [0.2, 0.25) is 0 Å². The summed E-state index contributed by atoms with van der Waals surface area (Å²) in [7, 11) is -2.64. The highest BCUT2D eigenvalue weighted by atomic mass is 32.2. The van der Waals surface area contributed by atoms with Gasteiger partial charge in [0.1, 0.15) is 18.3 Å². The van der Waals surface area contributed by atoms with E-state index in [0.29, 0.717) is 12.2 Å².